The monoisotopic (exact) mass is 198 g/mol. The molecule has 1 aliphatic heterocycles. The van der Waals surface area contributed by atoms with Crippen molar-refractivity contribution in [1.29, 1.82) is 0 Å². The van der Waals surface area contributed by atoms with Crippen molar-refractivity contribution in [3.63, 3.8) is 0 Å². The highest BCUT2D eigenvalue weighted by atomic mass is 16.5. The van der Waals surface area contributed by atoms with Crippen LogP contribution in [0.3, 0.4) is 0 Å². The van der Waals surface area contributed by atoms with Gasteiger partial charge < -0.3 is 4.74 Å². The van der Waals surface area contributed by atoms with Gasteiger partial charge in [0.25, 0.3) is 0 Å². The third-order valence-corrected chi connectivity index (χ3v) is 3.24. The normalized spacial score (nSPS) is 27.1. The Hall–Kier alpha value is -0.370. The molecule has 0 radical (unpaired) electrons. The lowest BCUT2D eigenvalue weighted by atomic mass is 9.94. The lowest BCUT2D eigenvalue weighted by molar-refractivity contribution is -0.130. The van der Waals surface area contributed by atoms with Crippen LogP contribution in [0.1, 0.15) is 52.9 Å². The summed E-state index contributed by atoms with van der Waals surface area (Å²) in [6.07, 6.45) is 5.08. The Bertz CT molecular complexity index is 185. The maximum absolute atomic E-state index is 11.8. The fourth-order valence-electron chi connectivity index (χ4n) is 2.03. The largest absolute Gasteiger partial charge is 0.368 e. The van der Waals surface area contributed by atoms with Crippen LogP contribution in [-0.2, 0) is 9.53 Å². The van der Waals surface area contributed by atoms with Gasteiger partial charge in [-0.15, -0.1) is 0 Å². The maximum Gasteiger partial charge on any atom is 0.161 e. The average Bonchev–Trinajstić information content (AvgIpc) is 2.61. The number of Topliss-reactive ketones (excluding diaryl/α,β-unsaturated/α-hetero) is 1. The van der Waals surface area contributed by atoms with Crippen LogP contribution in [-0.4, -0.2) is 18.0 Å². The van der Waals surface area contributed by atoms with Crippen LogP contribution in [0, 0.1) is 5.92 Å². The van der Waals surface area contributed by atoms with Crippen LogP contribution in [0.15, 0.2) is 0 Å². The second-order valence-corrected chi connectivity index (χ2v) is 4.37. The van der Waals surface area contributed by atoms with Crippen molar-refractivity contribution in [2.75, 3.05) is 0 Å². The molecule has 82 valence electrons. The Labute approximate surface area is 87.0 Å². The highest BCUT2D eigenvalue weighted by Crippen LogP contribution is 2.23. The summed E-state index contributed by atoms with van der Waals surface area (Å²) >= 11 is 0. The smallest absolute Gasteiger partial charge is 0.161 e. The first-order chi connectivity index (χ1) is 6.67. The predicted molar refractivity (Wildman–Crippen MR) is 57.3 cm³/mol. The van der Waals surface area contributed by atoms with Crippen LogP contribution in [0.4, 0.5) is 0 Å². The van der Waals surface area contributed by atoms with Gasteiger partial charge in [-0.05, 0) is 25.7 Å². The minimum Gasteiger partial charge on any atom is -0.368 e. The van der Waals surface area contributed by atoms with E-state index >= 15 is 0 Å². The van der Waals surface area contributed by atoms with Gasteiger partial charge in [0.2, 0.25) is 0 Å². The van der Waals surface area contributed by atoms with E-state index < -0.39 is 0 Å². The van der Waals surface area contributed by atoms with Crippen molar-refractivity contribution in [3.05, 3.63) is 0 Å². The first kappa shape index (κ1) is 11.7. The Kier molecular flexibility index (Phi) is 4.59. The molecule has 2 atom stereocenters. The molecule has 2 nitrogen and oxygen atoms in total. The van der Waals surface area contributed by atoms with Gasteiger partial charge in [0.05, 0.1) is 6.10 Å². The molecule has 14 heavy (non-hydrogen) atoms. The quantitative estimate of drug-likeness (QED) is 0.679. The number of rotatable bonds is 5. The minimum atomic E-state index is -0.0920. The zero-order valence-electron chi connectivity index (χ0n) is 9.58. The van der Waals surface area contributed by atoms with E-state index in [9.17, 15) is 4.79 Å². The van der Waals surface area contributed by atoms with E-state index in [2.05, 4.69) is 13.8 Å². The third kappa shape index (κ3) is 3.09. The van der Waals surface area contributed by atoms with E-state index in [0.717, 1.165) is 25.7 Å². The summed E-state index contributed by atoms with van der Waals surface area (Å²) in [5, 5.41) is 0. The zero-order valence-corrected chi connectivity index (χ0v) is 9.58. The first-order valence-electron chi connectivity index (χ1n) is 5.85. The highest BCUT2D eigenvalue weighted by molar-refractivity contribution is 5.83. The van der Waals surface area contributed by atoms with Crippen molar-refractivity contribution in [2.24, 2.45) is 5.92 Å². The standard InChI is InChI=1S/C12H22O2/c1-4-10(5-2)8-11(13)12-7-6-9(3)14-12/h9-10,12H,4-8H2,1-3H3. The number of carbonyl (C=O) groups is 1. The molecule has 0 saturated carbocycles. The molecule has 1 heterocycles. The Morgan fingerprint density at radius 1 is 1.36 bits per heavy atom. The summed E-state index contributed by atoms with van der Waals surface area (Å²) in [6.45, 7) is 6.35. The van der Waals surface area contributed by atoms with Crippen LogP contribution in [0.5, 0.6) is 0 Å². The lowest BCUT2D eigenvalue weighted by Gasteiger charge is -2.14. The molecular weight excluding hydrogens is 176 g/mol. The molecule has 0 aliphatic carbocycles. The zero-order chi connectivity index (χ0) is 10.6. The molecule has 0 aromatic carbocycles. The van der Waals surface area contributed by atoms with Gasteiger partial charge >= 0.3 is 0 Å². The molecule has 0 amide bonds. The maximum atomic E-state index is 11.8. The van der Waals surface area contributed by atoms with Gasteiger partial charge in [0.1, 0.15) is 6.10 Å². The molecule has 1 rings (SSSR count). The molecule has 1 saturated heterocycles. The van der Waals surface area contributed by atoms with Crippen molar-refractivity contribution in [2.45, 2.75) is 65.1 Å². The van der Waals surface area contributed by atoms with Gasteiger partial charge in [-0.3, -0.25) is 4.79 Å². The Morgan fingerprint density at radius 3 is 2.43 bits per heavy atom. The molecule has 2 unspecified atom stereocenters. The van der Waals surface area contributed by atoms with E-state index in [1.54, 1.807) is 0 Å². The molecule has 2 heteroatoms. The van der Waals surface area contributed by atoms with E-state index in [1.807, 2.05) is 6.92 Å². The number of ether oxygens (including phenoxy) is 1. The second-order valence-electron chi connectivity index (χ2n) is 4.37. The van der Waals surface area contributed by atoms with Crippen molar-refractivity contribution in [1.82, 2.24) is 0 Å². The van der Waals surface area contributed by atoms with Crippen molar-refractivity contribution < 1.29 is 9.53 Å². The van der Waals surface area contributed by atoms with Gasteiger partial charge in [-0.1, -0.05) is 26.7 Å². The van der Waals surface area contributed by atoms with Crippen LogP contribution >= 0.6 is 0 Å². The van der Waals surface area contributed by atoms with Gasteiger partial charge in [0.15, 0.2) is 5.78 Å². The lowest BCUT2D eigenvalue weighted by Crippen LogP contribution is -2.23. The number of hydrogen-bond acceptors (Lipinski definition) is 2. The minimum absolute atomic E-state index is 0.0920. The van der Waals surface area contributed by atoms with E-state index in [4.69, 9.17) is 4.74 Å². The topological polar surface area (TPSA) is 26.3 Å². The second kappa shape index (κ2) is 5.50. The summed E-state index contributed by atoms with van der Waals surface area (Å²) in [5.74, 6) is 0.880. The Morgan fingerprint density at radius 2 is 2.00 bits per heavy atom. The van der Waals surface area contributed by atoms with E-state index in [1.165, 1.54) is 0 Å². The van der Waals surface area contributed by atoms with E-state index in [-0.39, 0.29) is 12.2 Å². The summed E-state index contributed by atoms with van der Waals surface area (Å²) in [6, 6.07) is 0. The fraction of sp³-hybridized carbons (Fsp3) is 0.917. The summed E-state index contributed by atoms with van der Waals surface area (Å²) in [5.41, 5.74) is 0. The summed E-state index contributed by atoms with van der Waals surface area (Å²) in [7, 11) is 0. The number of hydrogen-bond donors (Lipinski definition) is 0. The molecule has 0 spiro atoms. The predicted octanol–water partition coefficient (Wildman–Crippen LogP) is 2.95. The molecule has 1 fully saturated rings. The first-order valence-corrected chi connectivity index (χ1v) is 5.85. The van der Waals surface area contributed by atoms with E-state index in [0.29, 0.717) is 18.1 Å². The van der Waals surface area contributed by atoms with Crippen LogP contribution in [0.25, 0.3) is 0 Å². The summed E-state index contributed by atoms with van der Waals surface area (Å²) in [4.78, 5) is 11.8. The van der Waals surface area contributed by atoms with Crippen LogP contribution in [0.2, 0.25) is 0 Å². The summed E-state index contributed by atoms with van der Waals surface area (Å²) < 4.78 is 5.56. The molecule has 0 N–H and O–H groups in total. The molecule has 1 aliphatic rings. The van der Waals surface area contributed by atoms with Gasteiger partial charge in [-0.25, -0.2) is 0 Å². The van der Waals surface area contributed by atoms with Crippen LogP contribution < -0.4 is 0 Å². The number of ketones is 1. The Balaban J connectivity index is 2.34. The number of carbonyl (C=O) groups excluding carboxylic acids is 1. The third-order valence-electron chi connectivity index (χ3n) is 3.24. The SMILES string of the molecule is CCC(CC)CC(=O)C1CCC(C)O1. The molecule has 0 bridgehead atoms. The van der Waals surface area contributed by atoms with Crippen molar-refractivity contribution >= 4 is 5.78 Å². The average molecular weight is 198 g/mol. The van der Waals surface area contributed by atoms with Gasteiger partial charge in [-0.2, -0.15) is 0 Å². The molecular formula is C12H22O2. The fourth-order valence-corrected chi connectivity index (χ4v) is 2.03. The molecule has 0 aromatic rings. The highest BCUT2D eigenvalue weighted by Gasteiger charge is 2.28. The molecule has 0 aromatic heterocycles. The van der Waals surface area contributed by atoms with Gasteiger partial charge in [0, 0.05) is 6.42 Å². The van der Waals surface area contributed by atoms with Crippen molar-refractivity contribution in [3.8, 4) is 0 Å².